The molecular formula is C23H33N7O2. The molecule has 3 amide bonds. The zero-order valence-corrected chi connectivity index (χ0v) is 19.1. The van der Waals surface area contributed by atoms with Crippen LogP contribution in [0.25, 0.3) is 0 Å². The number of amides is 3. The van der Waals surface area contributed by atoms with E-state index in [0.717, 1.165) is 37.2 Å². The molecule has 2 aromatic rings. The summed E-state index contributed by atoms with van der Waals surface area (Å²) in [6.45, 7) is 6.04. The highest BCUT2D eigenvalue weighted by molar-refractivity contribution is 6.02. The second-order valence-electron chi connectivity index (χ2n) is 9.00. The summed E-state index contributed by atoms with van der Waals surface area (Å²) in [5, 5.41) is 13.2. The number of carbonyl (C=O) groups excluding carboxylic acids is 2. The minimum Gasteiger partial charge on any atom is -0.334 e. The lowest BCUT2D eigenvalue weighted by Crippen LogP contribution is -2.65. The Morgan fingerprint density at radius 2 is 2.06 bits per heavy atom. The van der Waals surface area contributed by atoms with Crippen LogP contribution in [0, 0.1) is 0 Å². The number of piperazine rings is 1. The molecule has 9 heteroatoms. The fourth-order valence-corrected chi connectivity index (χ4v) is 5.05. The number of hydrogen-bond acceptors (Lipinski definition) is 5. The summed E-state index contributed by atoms with van der Waals surface area (Å²) in [6, 6.07) is 5.25. The van der Waals surface area contributed by atoms with E-state index in [2.05, 4.69) is 44.7 Å². The highest BCUT2D eigenvalue weighted by atomic mass is 16.2. The van der Waals surface area contributed by atoms with E-state index in [9.17, 15) is 9.59 Å². The van der Waals surface area contributed by atoms with Crippen molar-refractivity contribution in [2.45, 2.75) is 64.1 Å². The van der Waals surface area contributed by atoms with Crippen molar-refractivity contribution in [2.75, 3.05) is 25.5 Å². The first-order valence-corrected chi connectivity index (χ1v) is 11.5. The average molecular weight is 440 g/mol. The minimum absolute atomic E-state index is 0.0675. The smallest absolute Gasteiger partial charge is 0.318 e. The quantitative estimate of drug-likeness (QED) is 0.664. The Labute approximate surface area is 189 Å². The van der Waals surface area contributed by atoms with Crippen molar-refractivity contribution in [3.8, 4) is 0 Å². The van der Waals surface area contributed by atoms with Gasteiger partial charge < -0.3 is 15.5 Å². The summed E-state index contributed by atoms with van der Waals surface area (Å²) in [7, 11) is 2.19. The lowest BCUT2D eigenvalue weighted by Gasteiger charge is -2.50. The maximum absolute atomic E-state index is 13.2. The molecule has 1 atom stereocenters. The number of aryl methyl sites for hydroxylation is 1. The molecule has 1 spiro atoms. The summed E-state index contributed by atoms with van der Waals surface area (Å²) in [5.74, 6) is 0.0969. The number of nitrogens with one attached hydrogen (secondary N) is 3. The molecule has 2 fully saturated rings. The first-order chi connectivity index (χ1) is 15.4. The number of hydrogen-bond donors (Lipinski definition) is 3. The van der Waals surface area contributed by atoms with Gasteiger partial charge in [0.25, 0.3) is 5.91 Å². The van der Waals surface area contributed by atoms with E-state index in [1.165, 1.54) is 12.8 Å². The zero-order valence-electron chi connectivity index (χ0n) is 19.1. The number of aromatic nitrogens is 3. The van der Waals surface area contributed by atoms with Gasteiger partial charge in [-0.1, -0.05) is 25.8 Å². The second-order valence-corrected chi connectivity index (χ2v) is 9.00. The van der Waals surface area contributed by atoms with Gasteiger partial charge >= 0.3 is 6.03 Å². The Morgan fingerprint density at radius 3 is 2.75 bits per heavy atom. The van der Waals surface area contributed by atoms with Crippen LogP contribution in [0.15, 0.2) is 24.4 Å². The molecule has 1 aliphatic carbocycles. The van der Waals surface area contributed by atoms with Gasteiger partial charge in [-0.05, 0) is 45.4 Å². The molecule has 9 nitrogen and oxygen atoms in total. The van der Waals surface area contributed by atoms with Crippen molar-refractivity contribution in [2.24, 2.45) is 0 Å². The predicted octanol–water partition coefficient (Wildman–Crippen LogP) is 2.78. The molecule has 1 aliphatic heterocycles. The number of urea groups is 1. The number of aromatic amines is 1. The number of H-pyrrole nitrogens is 1. The Kier molecular flexibility index (Phi) is 6.45. The molecule has 1 saturated heterocycles. The minimum atomic E-state index is -0.330. The average Bonchev–Trinajstić information content (AvgIpc) is 3.43. The molecule has 2 aliphatic rings. The lowest BCUT2D eigenvalue weighted by atomic mass is 9.90. The van der Waals surface area contributed by atoms with Crippen LogP contribution in [0.5, 0.6) is 0 Å². The normalized spacial score (nSPS) is 20.5. The molecule has 3 heterocycles. The van der Waals surface area contributed by atoms with E-state index in [1.54, 1.807) is 24.4 Å². The Morgan fingerprint density at radius 1 is 1.28 bits per heavy atom. The third-order valence-corrected chi connectivity index (χ3v) is 6.99. The van der Waals surface area contributed by atoms with Crippen molar-refractivity contribution in [1.29, 1.82) is 0 Å². The maximum Gasteiger partial charge on any atom is 0.318 e. The SMILES string of the molecule is CCc1[nH]nc(NC(=O)c2ccccn2)c1CNC(=O)N1CC2(CCCC2)N(C)C[C@@H]1C. The molecular weight excluding hydrogens is 406 g/mol. The van der Waals surface area contributed by atoms with E-state index in [4.69, 9.17) is 0 Å². The number of nitrogens with zero attached hydrogens (tertiary/aromatic N) is 4. The summed E-state index contributed by atoms with van der Waals surface area (Å²) >= 11 is 0. The Bertz CT molecular complexity index is 953. The monoisotopic (exact) mass is 439 g/mol. The molecule has 0 aromatic carbocycles. The van der Waals surface area contributed by atoms with E-state index in [1.807, 2.05) is 11.8 Å². The van der Waals surface area contributed by atoms with Crippen LogP contribution in [0.3, 0.4) is 0 Å². The number of anilines is 1. The van der Waals surface area contributed by atoms with E-state index in [0.29, 0.717) is 24.5 Å². The van der Waals surface area contributed by atoms with Crippen molar-refractivity contribution in [3.63, 3.8) is 0 Å². The van der Waals surface area contributed by atoms with Gasteiger partial charge in [-0.3, -0.25) is 19.8 Å². The first kappa shape index (κ1) is 22.3. The van der Waals surface area contributed by atoms with Crippen LogP contribution < -0.4 is 10.6 Å². The van der Waals surface area contributed by atoms with Crippen LogP contribution in [-0.2, 0) is 13.0 Å². The third kappa shape index (κ3) is 4.34. The van der Waals surface area contributed by atoms with Gasteiger partial charge in [-0.15, -0.1) is 0 Å². The van der Waals surface area contributed by atoms with Gasteiger partial charge in [0.2, 0.25) is 0 Å². The highest BCUT2D eigenvalue weighted by Crippen LogP contribution is 2.38. The Balaban J connectivity index is 1.44. The molecule has 4 rings (SSSR count). The molecule has 3 N–H and O–H groups in total. The fourth-order valence-electron chi connectivity index (χ4n) is 5.05. The van der Waals surface area contributed by atoms with Crippen LogP contribution in [0.2, 0.25) is 0 Å². The molecule has 1 saturated carbocycles. The number of rotatable bonds is 5. The first-order valence-electron chi connectivity index (χ1n) is 11.5. The maximum atomic E-state index is 13.2. The van der Waals surface area contributed by atoms with E-state index < -0.39 is 0 Å². The van der Waals surface area contributed by atoms with E-state index >= 15 is 0 Å². The van der Waals surface area contributed by atoms with Gasteiger partial charge in [0.15, 0.2) is 5.82 Å². The zero-order chi connectivity index (χ0) is 22.7. The highest BCUT2D eigenvalue weighted by Gasteiger charge is 2.45. The second kappa shape index (κ2) is 9.28. The van der Waals surface area contributed by atoms with Crippen molar-refractivity contribution in [1.82, 2.24) is 30.3 Å². The molecule has 0 radical (unpaired) electrons. The number of pyridine rings is 1. The fraction of sp³-hybridized carbons (Fsp3) is 0.565. The van der Waals surface area contributed by atoms with Crippen LogP contribution >= 0.6 is 0 Å². The summed E-state index contributed by atoms with van der Waals surface area (Å²) in [5.41, 5.74) is 2.11. The van der Waals surface area contributed by atoms with E-state index in [-0.39, 0.29) is 23.5 Å². The van der Waals surface area contributed by atoms with Crippen molar-refractivity contribution in [3.05, 3.63) is 41.3 Å². The van der Waals surface area contributed by atoms with Gasteiger partial charge in [0.1, 0.15) is 5.69 Å². The standard InChI is InChI=1S/C23H33N7O2/c1-4-18-17(20(28-27-18)26-21(31)19-9-5-8-12-24-19)13-25-22(32)30-15-23(10-6-7-11-23)29(3)14-16(30)2/h5,8-9,12,16H,4,6-7,10-11,13-15H2,1-3H3,(H,25,32)(H2,26,27,28,31)/t16-/m0/s1. The molecule has 0 unspecified atom stereocenters. The third-order valence-electron chi connectivity index (χ3n) is 6.99. The van der Waals surface area contributed by atoms with Gasteiger partial charge in [-0.25, -0.2) is 4.79 Å². The number of likely N-dealkylation sites (N-methyl/N-ethyl adjacent to an activating group) is 1. The van der Waals surface area contributed by atoms with Crippen LogP contribution in [0.1, 0.15) is 61.3 Å². The predicted molar refractivity (Wildman–Crippen MR) is 122 cm³/mol. The van der Waals surface area contributed by atoms with Gasteiger partial charge in [0, 0.05) is 42.1 Å². The largest absolute Gasteiger partial charge is 0.334 e. The van der Waals surface area contributed by atoms with Crippen LogP contribution in [0.4, 0.5) is 10.6 Å². The van der Waals surface area contributed by atoms with Crippen LogP contribution in [-0.4, -0.2) is 68.6 Å². The van der Waals surface area contributed by atoms with Gasteiger partial charge in [0.05, 0.1) is 6.54 Å². The number of carbonyl (C=O) groups is 2. The molecule has 0 bridgehead atoms. The lowest BCUT2D eigenvalue weighted by molar-refractivity contribution is 0.00808. The topological polar surface area (TPSA) is 106 Å². The summed E-state index contributed by atoms with van der Waals surface area (Å²) in [6.07, 6.45) is 7.03. The van der Waals surface area contributed by atoms with Gasteiger partial charge in [-0.2, -0.15) is 5.10 Å². The van der Waals surface area contributed by atoms with Crippen molar-refractivity contribution < 1.29 is 9.59 Å². The molecule has 172 valence electrons. The molecule has 32 heavy (non-hydrogen) atoms. The van der Waals surface area contributed by atoms with Crippen molar-refractivity contribution >= 4 is 17.8 Å². The summed E-state index contributed by atoms with van der Waals surface area (Å²) < 4.78 is 0. The summed E-state index contributed by atoms with van der Waals surface area (Å²) in [4.78, 5) is 34.2. The Hall–Kier alpha value is -2.94. The molecule has 2 aromatic heterocycles.